The molecule has 20 heavy (non-hydrogen) atoms. The predicted molar refractivity (Wildman–Crippen MR) is 77.5 cm³/mol. The number of hydrogen-bond donors (Lipinski definition) is 0. The van der Waals surface area contributed by atoms with Gasteiger partial charge in [-0.2, -0.15) is 0 Å². The van der Waals surface area contributed by atoms with Gasteiger partial charge in [-0.1, -0.05) is 18.5 Å². The van der Waals surface area contributed by atoms with Crippen molar-refractivity contribution in [1.82, 2.24) is 9.97 Å². The van der Waals surface area contributed by atoms with E-state index in [2.05, 4.69) is 9.97 Å². The maximum Gasteiger partial charge on any atom is 0.161 e. The van der Waals surface area contributed by atoms with E-state index < -0.39 is 0 Å². The van der Waals surface area contributed by atoms with Crippen LogP contribution in [0.3, 0.4) is 0 Å². The molecule has 4 nitrogen and oxygen atoms in total. The molecule has 1 aliphatic rings. The second kappa shape index (κ2) is 5.67. The van der Waals surface area contributed by atoms with Crippen LogP contribution in [0.25, 0.3) is 11.3 Å². The summed E-state index contributed by atoms with van der Waals surface area (Å²) in [5, 5.41) is 0.504. The molecule has 0 spiro atoms. The first kappa shape index (κ1) is 13.2. The maximum absolute atomic E-state index is 6.14. The van der Waals surface area contributed by atoms with E-state index in [1.807, 2.05) is 25.1 Å². The fraction of sp³-hybridized carbons (Fsp3) is 0.333. The summed E-state index contributed by atoms with van der Waals surface area (Å²) >= 11 is 6.14. The second-order valence-electron chi connectivity index (χ2n) is 4.56. The quantitative estimate of drug-likeness (QED) is 0.794. The molecule has 1 aromatic heterocycles. The highest BCUT2D eigenvalue weighted by Crippen LogP contribution is 2.35. The Morgan fingerprint density at radius 1 is 1.15 bits per heavy atom. The van der Waals surface area contributed by atoms with E-state index in [1.165, 1.54) is 6.33 Å². The van der Waals surface area contributed by atoms with Crippen LogP contribution in [0.15, 0.2) is 24.5 Å². The van der Waals surface area contributed by atoms with Gasteiger partial charge in [0.05, 0.1) is 18.9 Å². The Hall–Kier alpha value is -1.81. The Bertz CT molecular complexity index is 631. The number of halogens is 1. The number of rotatable bonds is 2. The number of fused-ring (bicyclic) bond motifs is 1. The van der Waals surface area contributed by atoms with Gasteiger partial charge in [0, 0.05) is 17.5 Å². The topological polar surface area (TPSA) is 44.2 Å². The van der Waals surface area contributed by atoms with Crippen LogP contribution in [0.2, 0.25) is 5.15 Å². The van der Waals surface area contributed by atoms with Crippen molar-refractivity contribution < 1.29 is 9.47 Å². The first-order chi connectivity index (χ1) is 9.79. The lowest BCUT2D eigenvalue weighted by Crippen LogP contribution is -1.97. The van der Waals surface area contributed by atoms with Crippen LogP contribution in [-0.4, -0.2) is 23.2 Å². The molecule has 0 saturated carbocycles. The van der Waals surface area contributed by atoms with E-state index in [1.54, 1.807) is 0 Å². The SMILES string of the molecule is CCc1c(Cl)ncnc1-c1ccc2c(c1)OCCCO2. The van der Waals surface area contributed by atoms with E-state index >= 15 is 0 Å². The van der Waals surface area contributed by atoms with Crippen LogP contribution in [0.1, 0.15) is 18.9 Å². The standard InChI is InChI=1S/C15H15ClN2O2/c1-2-11-14(17-9-18-15(11)16)10-4-5-12-13(8-10)20-7-3-6-19-12/h4-5,8-9H,2-3,6-7H2,1H3. The van der Waals surface area contributed by atoms with Crippen LogP contribution in [-0.2, 0) is 6.42 Å². The molecule has 0 fully saturated rings. The van der Waals surface area contributed by atoms with Crippen molar-refractivity contribution in [2.24, 2.45) is 0 Å². The zero-order valence-corrected chi connectivity index (χ0v) is 12.0. The van der Waals surface area contributed by atoms with Crippen molar-refractivity contribution >= 4 is 11.6 Å². The molecule has 0 unspecified atom stereocenters. The summed E-state index contributed by atoms with van der Waals surface area (Å²) < 4.78 is 11.3. The van der Waals surface area contributed by atoms with Crippen molar-refractivity contribution in [3.8, 4) is 22.8 Å². The lowest BCUT2D eigenvalue weighted by atomic mass is 10.0. The van der Waals surface area contributed by atoms with Crippen molar-refractivity contribution in [1.29, 1.82) is 0 Å². The van der Waals surface area contributed by atoms with E-state index in [9.17, 15) is 0 Å². The Labute approximate surface area is 122 Å². The highest BCUT2D eigenvalue weighted by molar-refractivity contribution is 6.30. The number of benzene rings is 1. The minimum atomic E-state index is 0.504. The molecule has 1 aromatic carbocycles. The Kier molecular flexibility index (Phi) is 3.74. The molecule has 0 atom stereocenters. The van der Waals surface area contributed by atoms with Gasteiger partial charge in [-0.25, -0.2) is 9.97 Å². The third-order valence-electron chi connectivity index (χ3n) is 3.27. The average Bonchev–Trinajstić information content (AvgIpc) is 2.71. The molecule has 0 saturated heterocycles. The third-order valence-corrected chi connectivity index (χ3v) is 3.59. The first-order valence-corrected chi connectivity index (χ1v) is 7.06. The Morgan fingerprint density at radius 3 is 2.75 bits per heavy atom. The van der Waals surface area contributed by atoms with Gasteiger partial charge >= 0.3 is 0 Å². The molecule has 2 heterocycles. The highest BCUT2D eigenvalue weighted by Gasteiger charge is 2.15. The van der Waals surface area contributed by atoms with Crippen LogP contribution in [0, 0.1) is 0 Å². The molecule has 3 rings (SSSR count). The predicted octanol–water partition coefficient (Wildman–Crippen LogP) is 3.52. The molecule has 2 aromatic rings. The third kappa shape index (κ3) is 2.43. The zero-order valence-electron chi connectivity index (χ0n) is 11.2. The maximum atomic E-state index is 6.14. The van der Waals surface area contributed by atoms with Crippen molar-refractivity contribution in [2.75, 3.05) is 13.2 Å². The van der Waals surface area contributed by atoms with Gasteiger partial charge in [-0.3, -0.25) is 0 Å². The minimum Gasteiger partial charge on any atom is -0.490 e. The smallest absolute Gasteiger partial charge is 0.161 e. The molecular formula is C15H15ClN2O2. The minimum absolute atomic E-state index is 0.504. The molecule has 1 aliphatic heterocycles. The number of hydrogen-bond acceptors (Lipinski definition) is 4. The first-order valence-electron chi connectivity index (χ1n) is 6.69. The van der Waals surface area contributed by atoms with Gasteiger partial charge < -0.3 is 9.47 Å². The monoisotopic (exact) mass is 290 g/mol. The summed E-state index contributed by atoms with van der Waals surface area (Å²) in [7, 11) is 0. The molecular weight excluding hydrogens is 276 g/mol. The molecule has 0 amide bonds. The number of nitrogens with zero attached hydrogens (tertiary/aromatic N) is 2. The molecule has 0 bridgehead atoms. The summed E-state index contributed by atoms with van der Waals surface area (Å²) in [4.78, 5) is 8.40. The summed E-state index contributed by atoms with van der Waals surface area (Å²) in [6, 6.07) is 5.86. The molecule has 5 heteroatoms. The lowest BCUT2D eigenvalue weighted by molar-refractivity contribution is 0.297. The van der Waals surface area contributed by atoms with Crippen molar-refractivity contribution in [3.05, 3.63) is 35.2 Å². The summed E-state index contributed by atoms with van der Waals surface area (Å²) in [6.07, 6.45) is 3.16. The van der Waals surface area contributed by atoms with Crippen LogP contribution in [0.4, 0.5) is 0 Å². The van der Waals surface area contributed by atoms with Gasteiger partial charge in [-0.15, -0.1) is 0 Å². The van der Waals surface area contributed by atoms with E-state index in [-0.39, 0.29) is 0 Å². The molecule has 104 valence electrons. The highest BCUT2D eigenvalue weighted by atomic mass is 35.5. The Morgan fingerprint density at radius 2 is 1.95 bits per heavy atom. The van der Waals surface area contributed by atoms with Gasteiger partial charge in [0.2, 0.25) is 0 Å². The molecule has 0 aliphatic carbocycles. The normalized spacial score (nSPS) is 13.9. The molecule has 0 N–H and O–H groups in total. The Balaban J connectivity index is 2.07. The lowest BCUT2D eigenvalue weighted by Gasteiger charge is -2.11. The fourth-order valence-electron chi connectivity index (χ4n) is 2.26. The van der Waals surface area contributed by atoms with E-state index in [0.717, 1.165) is 41.2 Å². The van der Waals surface area contributed by atoms with E-state index in [4.69, 9.17) is 21.1 Å². The van der Waals surface area contributed by atoms with Crippen molar-refractivity contribution in [2.45, 2.75) is 19.8 Å². The van der Waals surface area contributed by atoms with Crippen LogP contribution >= 0.6 is 11.6 Å². The fourth-order valence-corrected chi connectivity index (χ4v) is 2.53. The van der Waals surface area contributed by atoms with E-state index in [0.29, 0.717) is 18.4 Å². The second-order valence-corrected chi connectivity index (χ2v) is 4.92. The summed E-state index contributed by atoms with van der Waals surface area (Å²) in [5.41, 5.74) is 2.77. The summed E-state index contributed by atoms with van der Waals surface area (Å²) in [6.45, 7) is 3.39. The molecule has 0 radical (unpaired) electrons. The summed E-state index contributed by atoms with van der Waals surface area (Å²) in [5.74, 6) is 1.54. The van der Waals surface area contributed by atoms with Crippen molar-refractivity contribution in [3.63, 3.8) is 0 Å². The van der Waals surface area contributed by atoms with Gasteiger partial charge in [0.15, 0.2) is 11.5 Å². The van der Waals surface area contributed by atoms with Gasteiger partial charge in [0.1, 0.15) is 11.5 Å². The average molecular weight is 291 g/mol. The van der Waals surface area contributed by atoms with Gasteiger partial charge in [0.25, 0.3) is 0 Å². The largest absolute Gasteiger partial charge is 0.490 e. The number of ether oxygens (including phenoxy) is 2. The number of aromatic nitrogens is 2. The van der Waals surface area contributed by atoms with Gasteiger partial charge in [-0.05, 0) is 24.6 Å². The zero-order chi connectivity index (χ0) is 13.9. The van der Waals surface area contributed by atoms with Crippen LogP contribution < -0.4 is 9.47 Å². The van der Waals surface area contributed by atoms with Crippen LogP contribution in [0.5, 0.6) is 11.5 Å².